The van der Waals surface area contributed by atoms with Crippen LogP contribution in [0, 0.1) is 5.92 Å². The van der Waals surface area contributed by atoms with Crippen molar-refractivity contribution in [3.8, 4) is 0 Å². The topological polar surface area (TPSA) is 41.8 Å². The number of hydrogen-bond acceptors (Lipinski definition) is 3. The summed E-state index contributed by atoms with van der Waals surface area (Å²) in [7, 11) is -0.697. The highest BCUT2D eigenvalue weighted by Gasteiger charge is 2.58. The molecule has 2 bridgehead atoms. The molecular weight excluding hydrogens is 208 g/mol. The minimum atomic E-state index is -0.697. The molecule has 0 aromatic heterocycles. The minimum Gasteiger partial charge on any atom is -0.279 e. The number of aliphatic imine (C=N–C) groups is 2. The van der Waals surface area contributed by atoms with E-state index in [1.807, 2.05) is 0 Å². The predicted molar refractivity (Wildman–Crippen MR) is 63.3 cm³/mol. The number of hydrogen-bond donors (Lipinski definition) is 0. The summed E-state index contributed by atoms with van der Waals surface area (Å²) >= 11 is 0. The van der Waals surface area contributed by atoms with Gasteiger partial charge in [0.15, 0.2) is 0 Å². The van der Waals surface area contributed by atoms with Gasteiger partial charge in [-0.1, -0.05) is 0 Å². The third-order valence-electron chi connectivity index (χ3n) is 4.28. The second-order valence-electron chi connectivity index (χ2n) is 5.24. The van der Waals surface area contributed by atoms with Crippen LogP contribution in [0.4, 0.5) is 0 Å². The molecule has 82 valence electrons. The molecule has 0 aromatic rings. The van der Waals surface area contributed by atoms with Gasteiger partial charge >= 0.3 is 0 Å². The van der Waals surface area contributed by atoms with Gasteiger partial charge in [0.2, 0.25) is 0 Å². The summed E-state index contributed by atoms with van der Waals surface area (Å²) in [4.78, 5) is 9.62. The number of nitrogens with zero attached hydrogens (tertiary/aromatic N) is 2. The van der Waals surface area contributed by atoms with Crippen molar-refractivity contribution in [1.29, 1.82) is 0 Å². The Morgan fingerprint density at radius 2 is 2.07 bits per heavy atom. The zero-order chi connectivity index (χ0) is 10.8. The summed E-state index contributed by atoms with van der Waals surface area (Å²) < 4.78 is 11.7. The van der Waals surface area contributed by atoms with Crippen LogP contribution in [0.3, 0.4) is 0 Å². The molecule has 4 heterocycles. The van der Waals surface area contributed by atoms with Gasteiger partial charge in [0.1, 0.15) is 5.54 Å². The molecule has 15 heavy (non-hydrogen) atoms. The van der Waals surface area contributed by atoms with Crippen LogP contribution in [0.2, 0.25) is 0 Å². The molecule has 0 aromatic carbocycles. The third-order valence-corrected chi connectivity index (χ3v) is 5.81. The second-order valence-corrected chi connectivity index (χ2v) is 6.75. The molecule has 4 aliphatic heterocycles. The summed E-state index contributed by atoms with van der Waals surface area (Å²) in [6.07, 6.45) is 1.03. The van der Waals surface area contributed by atoms with Crippen LogP contribution in [-0.4, -0.2) is 38.2 Å². The fourth-order valence-electron chi connectivity index (χ4n) is 3.26. The maximum atomic E-state index is 11.7. The highest BCUT2D eigenvalue weighted by atomic mass is 32.2. The molecule has 3 nitrogen and oxygen atoms in total. The van der Waals surface area contributed by atoms with E-state index in [1.54, 1.807) is 0 Å². The van der Waals surface area contributed by atoms with Crippen LogP contribution in [0.15, 0.2) is 9.98 Å². The van der Waals surface area contributed by atoms with Crippen LogP contribution in [0.25, 0.3) is 0 Å². The molecule has 4 rings (SSSR count). The number of rotatable bonds is 0. The standard InChI is InChI=1S/C11H16N2OS/c1-7-10(3)4-9-5-15(14)6-11(9,13-7)8(2)12-10/h9H,4-6H2,1-3H3/t9-,10+,11-,15?/m1/s1. The van der Waals surface area contributed by atoms with Crippen LogP contribution >= 0.6 is 0 Å². The van der Waals surface area contributed by atoms with E-state index < -0.39 is 10.8 Å². The first-order valence-corrected chi connectivity index (χ1v) is 6.94. The first kappa shape index (κ1) is 9.70. The Bertz CT molecular complexity index is 428. The quantitative estimate of drug-likeness (QED) is 0.609. The molecule has 0 aliphatic carbocycles. The van der Waals surface area contributed by atoms with Gasteiger partial charge in [-0.25, -0.2) is 0 Å². The summed E-state index contributed by atoms with van der Waals surface area (Å²) in [5, 5.41) is 0. The van der Waals surface area contributed by atoms with Gasteiger partial charge in [0, 0.05) is 33.9 Å². The Labute approximate surface area is 92.5 Å². The van der Waals surface area contributed by atoms with Crippen molar-refractivity contribution < 1.29 is 4.21 Å². The van der Waals surface area contributed by atoms with Gasteiger partial charge in [-0.05, 0) is 27.2 Å². The van der Waals surface area contributed by atoms with E-state index >= 15 is 0 Å². The highest BCUT2D eigenvalue weighted by Crippen LogP contribution is 2.47. The van der Waals surface area contributed by atoms with E-state index in [1.165, 1.54) is 0 Å². The second kappa shape index (κ2) is 2.59. The maximum Gasteiger partial charge on any atom is 0.113 e. The van der Waals surface area contributed by atoms with Crippen molar-refractivity contribution in [3.05, 3.63) is 0 Å². The van der Waals surface area contributed by atoms with Gasteiger partial charge < -0.3 is 0 Å². The lowest BCUT2D eigenvalue weighted by atomic mass is 9.68. The molecule has 1 unspecified atom stereocenters. The van der Waals surface area contributed by atoms with Gasteiger partial charge in [-0.3, -0.25) is 14.2 Å². The fraction of sp³-hybridized carbons (Fsp3) is 0.818. The third kappa shape index (κ3) is 1.03. The predicted octanol–water partition coefficient (Wildman–Crippen LogP) is 1.20. The van der Waals surface area contributed by atoms with Crippen LogP contribution in [-0.2, 0) is 10.8 Å². The molecule has 0 N–H and O–H groups in total. The van der Waals surface area contributed by atoms with Gasteiger partial charge in [-0.15, -0.1) is 0 Å². The van der Waals surface area contributed by atoms with E-state index in [0.717, 1.165) is 23.6 Å². The maximum absolute atomic E-state index is 11.7. The van der Waals surface area contributed by atoms with Crippen molar-refractivity contribution in [2.45, 2.75) is 38.3 Å². The van der Waals surface area contributed by atoms with Crippen molar-refractivity contribution in [3.63, 3.8) is 0 Å². The minimum absolute atomic E-state index is 0.106. The van der Waals surface area contributed by atoms with E-state index in [-0.39, 0.29) is 11.1 Å². The molecule has 1 spiro atoms. The van der Waals surface area contributed by atoms with E-state index in [0.29, 0.717) is 11.7 Å². The smallest absolute Gasteiger partial charge is 0.113 e. The van der Waals surface area contributed by atoms with Crippen LogP contribution < -0.4 is 0 Å². The Balaban J connectivity index is 2.20. The Hall–Kier alpha value is -0.510. The van der Waals surface area contributed by atoms with Crippen molar-refractivity contribution in [2.75, 3.05) is 11.5 Å². The Morgan fingerprint density at radius 3 is 2.80 bits per heavy atom. The molecule has 4 atom stereocenters. The molecule has 0 saturated carbocycles. The molecule has 0 radical (unpaired) electrons. The fourth-order valence-corrected chi connectivity index (χ4v) is 5.22. The van der Waals surface area contributed by atoms with Crippen LogP contribution in [0.1, 0.15) is 27.2 Å². The summed E-state index contributed by atoms with van der Waals surface area (Å²) in [6.45, 7) is 6.28. The molecular formula is C11H16N2OS. The van der Waals surface area contributed by atoms with Crippen molar-refractivity contribution in [2.24, 2.45) is 15.9 Å². The largest absolute Gasteiger partial charge is 0.279 e. The van der Waals surface area contributed by atoms with E-state index in [9.17, 15) is 4.21 Å². The van der Waals surface area contributed by atoms with Gasteiger partial charge in [0.25, 0.3) is 0 Å². The molecule has 4 aliphatic rings. The first-order chi connectivity index (χ1) is 6.96. The van der Waals surface area contributed by atoms with Crippen molar-refractivity contribution in [1.82, 2.24) is 0 Å². The summed E-state index contributed by atoms with van der Waals surface area (Å²) in [5.74, 6) is 1.98. The lowest BCUT2D eigenvalue weighted by Gasteiger charge is -2.48. The lowest BCUT2D eigenvalue weighted by molar-refractivity contribution is 0.310. The zero-order valence-corrected chi connectivity index (χ0v) is 10.2. The van der Waals surface area contributed by atoms with E-state index in [4.69, 9.17) is 9.98 Å². The normalized spacial score (nSPS) is 52.5. The Morgan fingerprint density at radius 1 is 1.33 bits per heavy atom. The average molecular weight is 224 g/mol. The molecule has 1 saturated heterocycles. The monoisotopic (exact) mass is 224 g/mol. The SMILES string of the molecule is CC1=N[C@@]23CS(=O)C[C@H]2C[C@]1(C)N=C3C. The van der Waals surface area contributed by atoms with E-state index in [2.05, 4.69) is 20.8 Å². The van der Waals surface area contributed by atoms with Crippen LogP contribution in [0.5, 0.6) is 0 Å². The molecule has 0 amide bonds. The molecule has 1 fully saturated rings. The summed E-state index contributed by atoms with van der Waals surface area (Å²) in [5.41, 5.74) is 1.94. The molecule has 4 heteroatoms. The Kier molecular flexibility index (Phi) is 1.68. The van der Waals surface area contributed by atoms with Crippen molar-refractivity contribution >= 4 is 22.2 Å². The van der Waals surface area contributed by atoms with Gasteiger partial charge in [-0.2, -0.15) is 0 Å². The first-order valence-electron chi connectivity index (χ1n) is 5.45. The lowest BCUT2D eigenvalue weighted by Crippen LogP contribution is -2.58. The average Bonchev–Trinajstić information content (AvgIpc) is 2.41. The summed E-state index contributed by atoms with van der Waals surface area (Å²) in [6, 6.07) is 0. The zero-order valence-electron chi connectivity index (χ0n) is 9.41. The van der Waals surface area contributed by atoms with Gasteiger partial charge in [0.05, 0.1) is 11.3 Å². The highest BCUT2D eigenvalue weighted by molar-refractivity contribution is 7.85.